The second kappa shape index (κ2) is 4.75. The average molecular weight is 234 g/mol. The fourth-order valence-corrected chi connectivity index (χ4v) is 2.12. The number of nitrogens with zero attached hydrogens (tertiary/aromatic N) is 1. The molecule has 1 aromatic carbocycles. The monoisotopic (exact) mass is 234 g/mol. The Hall–Kier alpha value is -1.55. The zero-order valence-corrected chi connectivity index (χ0v) is 10.0. The fourth-order valence-electron chi connectivity index (χ4n) is 2.12. The molecule has 3 N–H and O–H groups in total. The van der Waals surface area contributed by atoms with Gasteiger partial charge >= 0.3 is 0 Å². The molecule has 0 bridgehead atoms. The number of piperidine rings is 1. The van der Waals surface area contributed by atoms with Gasteiger partial charge < -0.3 is 15.7 Å². The van der Waals surface area contributed by atoms with Crippen LogP contribution >= 0.6 is 0 Å². The Morgan fingerprint density at radius 2 is 2.29 bits per heavy atom. The van der Waals surface area contributed by atoms with E-state index in [-0.39, 0.29) is 17.7 Å². The lowest BCUT2D eigenvalue weighted by Crippen LogP contribution is -2.45. The van der Waals surface area contributed by atoms with Gasteiger partial charge in [-0.15, -0.1) is 0 Å². The Balaban J connectivity index is 2.15. The van der Waals surface area contributed by atoms with Crippen molar-refractivity contribution in [1.82, 2.24) is 4.90 Å². The van der Waals surface area contributed by atoms with E-state index in [4.69, 9.17) is 5.73 Å². The number of carbonyl (C=O) groups excluding carboxylic acids is 1. The van der Waals surface area contributed by atoms with Crippen LogP contribution in [0.2, 0.25) is 0 Å². The Bertz CT molecular complexity index is 431. The summed E-state index contributed by atoms with van der Waals surface area (Å²) in [6.07, 6.45) is 1.92. The van der Waals surface area contributed by atoms with Crippen molar-refractivity contribution in [3.63, 3.8) is 0 Å². The molecule has 1 aromatic rings. The van der Waals surface area contributed by atoms with Gasteiger partial charge in [0.2, 0.25) is 0 Å². The molecule has 4 nitrogen and oxygen atoms in total. The molecule has 1 atom stereocenters. The quantitative estimate of drug-likeness (QED) is 0.769. The molecule has 92 valence electrons. The highest BCUT2D eigenvalue weighted by molar-refractivity contribution is 5.94. The van der Waals surface area contributed by atoms with Crippen LogP contribution in [-0.4, -0.2) is 35.0 Å². The lowest BCUT2D eigenvalue weighted by Gasteiger charge is -2.30. The molecule has 17 heavy (non-hydrogen) atoms. The van der Waals surface area contributed by atoms with Gasteiger partial charge in [0.1, 0.15) is 5.75 Å². The van der Waals surface area contributed by atoms with Crippen molar-refractivity contribution in [2.45, 2.75) is 25.8 Å². The minimum atomic E-state index is -0.0459. The topological polar surface area (TPSA) is 66.6 Å². The van der Waals surface area contributed by atoms with Gasteiger partial charge in [-0.05, 0) is 37.5 Å². The Morgan fingerprint density at radius 1 is 1.53 bits per heavy atom. The molecule has 0 radical (unpaired) electrons. The van der Waals surface area contributed by atoms with Crippen molar-refractivity contribution in [3.8, 4) is 5.75 Å². The van der Waals surface area contributed by atoms with Gasteiger partial charge in [0.25, 0.3) is 5.91 Å². The van der Waals surface area contributed by atoms with Crippen molar-refractivity contribution in [2.75, 3.05) is 13.1 Å². The van der Waals surface area contributed by atoms with Gasteiger partial charge in [-0.1, -0.05) is 6.07 Å². The summed E-state index contributed by atoms with van der Waals surface area (Å²) < 4.78 is 0. The van der Waals surface area contributed by atoms with Crippen LogP contribution in [0.5, 0.6) is 5.75 Å². The number of phenols is 1. The maximum atomic E-state index is 12.2. The molecule has 1 aliphatic heterocycles. The van der Waals surface area contributed by atoms with E-state index in [1.165, 1.54) is 6.07 Å². The van der Waals surface area contributed by atoms with E-state index in [1.54, 1.807) is 24.0 Å². The summed E-state index contributed by atoms with van der Waals surface area (Å²) in [5.41, 5.74) is 7.16. The number of rotatable bonds is 1. The third kappa shape index (κ3) is 2.58. The molecule has 1 fully saturated rings. The molecule has 0 aliphatic carbocycles. The van der Waals surface area contributed by atoms with Crippen LogP contribution in [-0.2, 0) is 0 Å². The largest absolute Gasteiger partial charge is 0.508 e. The number of likely N-dealkylation sites (tertiary alicyclic amines) is 1. The lowest BCUT2D eigenvalue weighted by atomic mass is 10.0. The summed E-state index contributed by atoms with van der Waals surface area (Å²) in [4.78, 5) is 13.9. The molecule has 0 spiro atoms. The van der Waals surface area contributed by atoms with E-state index in [2.05, 4.69) is 0 Å². The van der Waals surface area contributed by atoms with Crippen molar-refractivity contribution in [1.29, 1.82) is 0 Å². The van der Waals surface area contributed by atoms with Crippen LogP contribution in [0.25, 0.3) is 0 Å². The van der Waals surface area contributed by atoms with Gasteiger partial charge in [-0.3, -0.25) is 4.79 Å². The Morgan fingerprint density at radius 3 is 2.94 bits per heavy atom. The van der Waals surface area contributed by atoms with E-state index in [0.717, 1.165) is 24.9 Å². The fraction of sp³-hybridized carbons (Fsp3) is 0.462. The summed E-state index contributed by atoms with van der Waals surface area (Å²) in [5.74, 6) is 0.118. The van der Waals surface area contributed by atoms with E-state index in [0.29, 0.717) is 12.1 Å². The van der Waals surface area contributed by atoms with Gasteiger partial charge in [-0.2, -0.15) is 0 Å². The first-order valence-corrected chi connectivity index (χ1v) is 5.92. The summed E-state index contributed by atoms with van der Waals surface area (Å²) in [6.45, 7) is 3.16. The predicted octanol–water partition coefficient (Wildman–Crippen LogP) is 1.26. The summed E-state index contributed by atoms with van der Waals surface area (Å²) >= 11 is 0. The van der Waals surface area contributed by atoms with Crippen molar-refractivity contribution in [2.24, 2.45) is 5.73 Å². The maximum absolute atomic E-state index is 12.2. The smallest absolute Gasteiger partial charge is 0.254 e. The number of carbonyl (C=O) groups is 1. The Labute approximate surface area is 101 Å². The number of aryl methyl sites for hydroxylation is 1. The second-order valence-electron chi connectivity index (χ2n) is 4.65. The highest BCUT2D eigenvalue weighted by Crippen LogP contribution is 2.20. The minimum absolute atomic E-state index is 0.0459. The van der Waals surface area contributed by atoms with Gasteiger partial charge in [0.15, 0.2) is 0 Å². The van der Waals surface area contributed by atoms with E-state index >= 15 is 0 Å². The SMILES string of the molecule is Cc1ccc(C(=O)N2CCCC(N)C2)cc1O. The normalized spacial score (nSPS) is 20.4. The zero-order valence-electron chi connectivity index (χ0n) is 10.0. The molecule has 2 rings (SSSR count). The molecule has 4 heteroatoms. The summed E-state index contributed by atoms with van der Waals surface area (Å²) in [6, 6.07) is 5.11. The second-order valence-corrected chi connectivity index (χ2v) is 4.65. The zero-order chi connectivity index (χ0) is 12.4. The molecule has 1 heterocycles. The third-order valence-electron chi connectivity index (χ3n) is 3.20. The number of aromatic hydroxyl groups is 1. The molecular weight excluding hydrogens is 216 g/mol. The highest BCUT2D eigenvalue weighted by Gasteiger charge is 2.22. The van der Waals surface area contributed by atoms with Crippen LogP contribution in [0.1, 0.15) is 28.8 Å². The Kier molecular flexibility index (Phi) is 3.33. The van der Waals surface area contributed by atoms with Gasteiger partial charge in [-0.25, -0.2) is 0 Å². The number of hydrogen-bond donors (Lipinski definition) is 2. The van der Waals surface area contributed by atoms with E-state index in [9.17, 15) is 9.90 Å². The summed E-state index contributed by atoms with van der Waals surface area (Å²) in [7, 11) is 0. The van der Waals surface area contributed by atoms with Gasteiger partial charge in [0.05, 0.1) is 0 Å². The number of phenolic OH excluding ortho intramolecular Hbond substituents is 1. The van der Waals surface area contributed by atoms with Crippen LogP contribution in [0.3, 0.4) is 0 Å². The first-order chi connectivity index (χ1) is 8.08. The number of benzene rings is 1. The average Bonchev–Trinajstić information content (AvgIpc) is 2.32. The third-order valence-corrected chi connectivity index (χ3v) is 3.20. The molecule has 1 unspecified atom stereocenters. The van der Waals surface area contributed by atoms with Gasteiger partial charge in [0, 0.05) is 24.7 Å². The first-order valence-electron chi connectivity index (χ1n) is 5.92. The molecule has 0 aromatic heterocycles. The van der Waals surface area contributed by atoms with Crippen molar-refractivity contribution in [3.05, 3.63) is 29.3 Å². The lowest BCUT2D eigenvalue weighted by molar-refractivity contribution is 0.0708. The van der Waals surface area contributed by atoms with Crippen molar-refractivity contribution < 1.29 is 9.90 Å². The molecular formula is C13H18N2O2. The molecule has 1 saturated heterocycles. The molecule has 0 saturated carbocycles. The summed E-state index contributed by atoms with van der Waals surface area (Å²) in [5, 5.41) is 9.60. The molecule has 1 amide bonds. The van der Waals surface area contributed by atoms with E-state index < -0.39 is 0 Å². The first kappa shape index (κ1) is 11.9. The van der Waals surface area contributed by atoms with E-state index in [1.807, 2.05) is 0 Å². The van der Waals surface area contributed by atoms with Crippen molar-refractivity contribution >= 4 is 5.91 Å². The number of hydrogen-bond acceptors (Lipinski definition) is 3. The standard InChI is InChI=1S/C13H18N2O2/c1-9-4-5-10(7-12(9)16)13(17)15-6-2-3-11(14)8-15/h4-5,7,11,16H,2-3,6,8,14H2,1H3. The van der Waals surface area contributed by atoms with Crippen LogP contribution in [0, 0.1) is 6.92 Å². The molecule has 1 aliphatic rings. The van der Waals surface area contributed by atoms with Crippen LogP contribution in [0.15, 0.2) is 18.2 Å². The van der Waals surface area contributed by atoms with Crippen LogP contribution < -0.4 is 5.73 Å². The minimum Gasteiger partial charge on any atom is -0.508 e. The predicted molar refractivity (Wildman–Crippen MR) is 66.0 cm³/mol. The number of nitrogens with two attached hydrogens (primary N) is 1. The van der Waals surface area contributed by atoms with Crippen LogP contribution in [0.4, 0.5) is 0 Å². The maximum Gasteiger partial charge on any atom is 0.254 e. The number of amides is 1. The highest BCUT2D eigenvalue weighted by atomic mass is 16.3.